The third kappa shape index (κ3) is 2.83. The molecule has 0 saturated heterocycles. The molecule has 1 aromatic rings. The second kappa shape index (κ2) is 6.14. The molecule has 0 bridgehead atoms. The molecule has 6 heteroatoms. The first-order valence-corrected chi connectivity index (χ1v) is 7.44. The first-order chi connectivity index (χ1) is 9.55. The van der Waals surface area contributed by atoms with Crippen molar-refractivity contribution in [2.45, 2.75) is 45.2 Å². The lowest BCUT2D eigenvalue weighted by Crippen LogP contribution is -2.58. The lowest BCUT2D eigenvalue weighted by molar-refractivity contribution is -0.150. The van der Waals surface area contributed by atoms with Crippen molar-refractivity contribution in [3.63, 3.8) is 0 Å². The molecular weight excluding hydrogens is 278 g/mol. The van der Waals surface area contributed by atoms with Crippen LogP contribution in [0.5, 0.6) is 0 Å². The molecule has 20 heavy (non-hydrogen) atoms. The summed E-state index contributed by atoms with van der Waals surface area (Å²) in [5.41, 5.74) is 0.184. The van der Waals surface area contributed by atoms with E-state index in [4.69, 9.17) is 16.3 Å². The summed E-state index contributed by atoms with van der Waals surface area (Å²) in [7, 11) is 1.44. The predicted octanol–water partition coefficient (Wildman–Crippen LogP) is 2.17. The summed E-state index contributed by atoms with van der Waals surface area (Å²) in [4.78, 5) is 12.4. The molecule has 1 aliphatic carbocycles. The van der Waals surface area contributed by atoms with Crippen molar-refractivity contribution >= 4 is 17.6 Å². The number of hydrogen-bond acceptors (Lipinski definition) is 4. The van der Waals surface area contributed by atoms with Crippen molar-refractivity contribution in [1.29, 1.82) is 0 Å². The van der Waals surface area contributed by atoms with E-state index < -0.39 is 5.54 Å². The second-order valence-corrected chi connectivity index (χ2v) is 5.81. The van der Waals surface area contributed by atoms with Crippen LogP contribution in [0.2, 0.25) is 5.02 Å². The molecule has 2 rings (SSSR count). The van der Waals surface area contributed by atoms with Gasteiger partial charge in [0, 0.05) is 0 Å². The molecular formula is C14H22ClN3O2. The number of esters is 1. The van der Waals surface area contributed by atoms with Crippen LogP contribution in [0.15, 0.2) is 6.20 Å². The van der Waals surface area contributed by atoms with Gasteiger partial charge in [-0.15, -0.1) is 0 Å². The smallest absolute Gasteiger partial charge is 0.328 e. The van der Waals surface area contributed by atoms with Crippen LogP contribution in [0.4, 0.5) is 0 Å². The van der Waals surface area contributed by atoms with Crippen LogP contribution in [0, 0.1) is 12.8 Å². The Balaban J connectivity index is 2.29. The van der Waals surface area contributed by atoms with Crippen molar-refractivity contribution in [2.75, 3.05) is 13.7 Å². The summed E-state index contributed by atoms with van der Waals surface area (Å²) in [6, 6.07) is 0. The molecule has 0 radical (unpaired) electrons. The molecule has 1 fully saturated rings. The number of carbonyl (C=O) groups excluding carboxylic acids is 1. The Labute approximate surface area is 124 Å². The molecule has 1 aliphatic rings. The van der Waals surface area contributed by atoms with E-state index in [-0.39, 0.29) is 5.97 Å². The maximum atomic E-state index is 12.4. The van der Waals surface area contributed by atoms with Crippen molar-refractivity contribution in [3.05, 3.63) is 16.9 Å². The number of methoxy groups -OCH3 is 1. The number of aromatic nitrogens is 2. The summed E-state index contributed by atoms with van der Waals surface area (Å²) in [6.45, 7) is 5.23. The molecule has 0 spiro atoms. The van der Waals surface area contributed by atoms with Crippen LogP contribution in [0.25, 0.3) is 0 Å². The fourth-order valence-corrected chi connectivity index (χ4v) is 2.70. The van der Waals surface area contributed by atoms with Gasteiger partial charge in [-0.1, -0.05) is 18.5 Å². The summed E-state index contributed by atoms with van der Waals surface area (Å²) >= 11 is 6.05. The van der Waals surface area contributed by atoms with E-state index in [9.17, 15) is 4.79 Å². The third-order valence-electron chi connectivity index (χ3n) is 3.96. The Morgan fingerprint density at radius 1 is 1.65 bits per heavy atom. The largest absolute Gasteiger partial charge is 0.468 e. The Bertz CT molecular complexity index is 485. The highest BCUT2D eigenvalue weighted by atomic mass is 35.5. The van der Waals surface area contributed by atoms with Crippen LogP contribution < -0.4 is 5.32 Å². The maximum absolute atomic E-state index is 12.4. The maximum Gasteiger partial charge on any atom is 0.328 e. The van der Waals surface area contributed by atoms with Gasteiger partial charge < -0.3 is 10.1 Å². The fraction of sp³-hybridized carbons (Fsp3) is 0.714. The van der Waals surface area contributed by atoms with E-state index in [1.807, 2.05) is 6.92 Å². The SMILES string of the molecule is CCCNC(Cn1ncc(Cl)c1C)(C(=O)OC)C1CC1. The number of nitrogens with zero attached hydrogens (tertiary/aromatic N) is 2. The molecule has 1 saturated carbocycles. The highest BCUT2D eigenvalue weighted by Gasteiger charge is 2.52. The average molecular weight is 300 g/mol. The van der Waals surface area contributed by atoms with Crippen LogP contribution in [-0.4, -0.2) is 34.9 Å². The van der Waals surface area contributed by atoms with Crippen molar-refractivity contribution < 1.29 is 9.53 Å². The molecule has 0 aromatic carbocycles. The van der Waals surface area contributed by atoms with E-state index in [1.165, 1.54) is 7.11 Å². The van der Waals surface area contributed by atoms with Gasteiger partial charge in [0.1, 0.15) is 5.54 Å². The first-order valence-electron chi connectivity index (χ1n) is 7.06. The minimum atomic E-state index is -0.690. The minimum absolute atomic E-state index is 0.209. The van der Waals surface area contributed by atoms with E-state index in [1.54, 1.807) is 10.9 Å². The third-order valence-corrected chi connectivity index (χ3v) is 4.33. The highest BCUT2D eigenvalue weighted by Crippen LogP contribution is 2.41. The Morgan fingerprint density at radius 3 is 2.80 bits per heavy atom. The first kappa shape index (κ1) is 15.3. The van der Waals surface area contributed by atoms with Crippen LogP contribution in [0.1, 0.15) is 31.9 Å². The lowest BCUT2D eigenvalue weighted by atomic mass is 9.92. The average Bonchev–Trinajstić information content (AvgIpc) is 3.25. The number of ether oxygens (including phenoxy) is 1. The van der Waals surface area contributed by atoms with Gasteiger partial charge in [-0.25, -0.2) is 4.79 Å². The summed E-state index contributed by atoms with van der Waals surface area (Å²) < 4.78 is 6.85. The Morgan fingerprint density at radius 2 is 2.35 bits per heavy atom. The van der Waals surface area contributed by atoms with Gasteiger partial charge in [-0.05, 0) is 38.6 Å². The predicted molar refractivity (Wildman–Crippen MR) is 77.7 cm³/mol. The van der Waals surface area contributed by atoms with Gasteiger partial charge in [0.2, 0.25) is 0 Å². The van der Waals surface area contributed by atoms with Crippen molar-refractivity contribution in [2.24, 2.45) is 5.92 Å². The summed E-state index contributed by atoms with van der Waals surface area (Å²) in [5.74, 6) is 0.100. The molecule has 112 valence electrons. The number of hydrogen-bond donors (Lipinski definition) is 1. The zero-order valence-electron chi connectivity index (χ0n) is 12.3. The van der Waals surface area contributed by atoms with Crippen LogP contribution in [0.3, 0.4) is 0 Å². The van der Waals surface area contributed by atoms with E-state index >= 15 is 0 Å². The van der Waals surface area contributed by atoms with Crippen molar-refractivity contribution in [3.8, 4) is 0 Å². The molecule has 0 amide bonds. The van der Waals surface area contributed by atoms with Gasteiger partial charge in [0.25, 0.3) is 0 Å². The number of halogens is 1. The Hall–Kier alpha value is -1.07. The molecule has 0 aliphatic heterocycles. The quantitative estimate of drug-likeness (QED) is 0.784. The van der Waals surface area contributed by atoms with Gasteiger partial charge in [-0.2, -0.15) is 5.10 Å². The normalized spacial score (nSPS) is 17.8. The van der Waals surface area contributed by atoms with Crippen LogP contribution >= 0.6 is 11.6 Å². The van der Waals surface area contributed by atoms with E-state index in [2.05, 4.69) is 17.3 Å². The van der Waals surface area contributed by atoms with Crippen molar-refractivity contribution in [1.82, 2.24) is 15.1 Å². The highest BCUT2D eigenvalue weighted by molar-refractivity contribution is 6.31. The summed E-state index contributed by atoms with van der Waals surface area (Å²) in [6.07, 6.45) is 4.66. The topological polar surface area (TPSA) is 56.2 Å². The summed E-state index contributed by atoms with van der Waals surface area (Å²) in [5, 5.41) is 8.29. The molecule has 5 nitrogen and oxygen atoms in total. The molecule has 1 aromatic heterocycles. The minimum Gasteiger partial charge on any atom is -0.468 e. The van der Waals surface area contributed by atoms with Gasteiger partial charge in [0.05, 0.1) is 30.6 Å². The van der Waals surface area contributed by atoms with E-state index in [0.29, 0.717) is 17.5 Å². The zero-order valence-corrected chi connectivity index (χ0v) is 13.0. The van der Waals surface area contributed by atoms with E-state index in [0.717, 1.165) is 31.5 Å². The zero-order chi connectivity index (χ0) is 14.8. The molecule has 1 N–H and O–H groups in total. The van der Waals surface area contributed by atoms with Gasteiger partial charge in [0.15, 0.2) is 0 Å². The van der Waals surface area contributed by atoms with Gasteiger partial charge >= 0.3 is 5.97 Å². The van der Waals surface area contributed by atoms with Gasteiger partial charge in [-0.3, -0.25) is 4.68 Å². The van der Waals surface area contributed by atoms with Crippen LogP contribution in [-0.2, 0) is 16.1 Å². The molecule has 1 heterocycles. The fourth-order valence-electron chi connectivity index (χ4n) is 2.56. The lowest BCUT2D eigenvalue weighted by Gasteiger charge is -2.32. The number of carbonyl (C=O) groups is 1. The monoisotopic (exact) mass is 299 g/mol. The number of nitrogens with one attached hydrogen (secondary N) is 1. The Kier molecular flexibility index (Phi) is 4.70. The standard InChI is InChI=1S/C14H22ClN3O2/c1-4-7-16-14(11-5-6-11,13(19)20-3)9-18-10(2)12(15)8-17-18/h8,11,16H,4-7,9H2,1-3H3. The molecule has 1 unspecified atom stereocenters. The number of rotatable bonds is 7. The molecule has 1 atom stereocenters. The second-order valence-electron chi connectivity index (χ2n) is 5.40.